The Morgan fingerprint density at radius 2 is 1.89 bits per heavy atom. The fourth-order valence-corrected chi connectivity index (χ4v) is 3.25. The molecule has 1 heterocycles. The maximum absolute atomic E-state index is 12.6. The zero-order valence-corrected chi connectivity index (χ0v) is 17.7. The van der Waals surface area contributed by atoms with Crippen molar-refractivity contribution in [1.82, 2.24) is 20.4 Å². The van der Waals surface area contributed by atoms with E-state index in [2.05, 4.69) is 34.4 Å². The van der Waals surface area contributed by atoms with Gasteiger partial charge in [-0.2, -0.15) is 0 Å². The molecule has 1 saturated heterocycles. The SMILES string of the molecule is CCN(Cc1ccccc1)C(=O)CNC(=NC)NCC(C)(C)N1CCOCC1. The van der Waals surface area contributed by atoms with Gasteiger partial charge >= 0.3 is 0 Å². The molecule has 0 aromatic heterocycles. The average molecular weight is 390 g/mol. The molecule has 0 atom stereocenters. The maximum Gasteiger partial charge on any atom is 0.242 e. The normalized spacial score (nSPS) is 15.9. The lowest BCUT2D eigenvalue weighted by Gasteiger charge is -2.41. The second-order valence-electron chi connectivity index (χ2n) is 7.58. The van der Waals surface area contributed by atoms with Gasteiger partial charge in [0.25, 0.3) is 0 Å². The molecule has 0 bridgehead atoms. The predicted octanol–water partition coefficient (Wildman–Crippen LogP) is 1.31. The van der Waals surface area contributed by atoms with Crippen LogP contribution in [0.15, 0.2) is 35.3 Å². The number of carbonyl (C=O) groups is 1. The van der Waals surface area contributed by atoms with Crippen molar-refractivity contribution in [3.05, 3.63) is 35.9 Å². The molecule has 1 aromatic rings. The van der Waals surface area contributed by atoms with Gasteiger partial charge in [-0.15, -0.1) is 0 Å². The number of amides is 1. The zero-order valence-electron chi connectivity index (χ0n) is 17.7. The fourth-order valence-electron chi connectivity index (χ4n) is 3.25. The van der Waals surface area contributed by atoms with E-state index >= 15 is 0 Å². The third-order valence-corrected chi connectivity index (χ3v) is 5.14. The van der Waals surface area contributed by atoms with Gasteiger partial charge in [-0.05, 0) is 26.3 Å². The number of carbonyl (C=O) groups excluding carboxylic acids is 1. The summed E-state index contributed by atoms with van der Waals surface area (Å²) in [6.07, 6.45) is 0. The van der Waals surface area contributed by atoms with Crippen LogP contribution in [0.1, 0.15) is 26.3 Å². The first-order valence-corrected chi connectivity index (χ1v) is 10.0. The molecule has 1 aromatic carbocycles. The minimum atomic E-state index is -0.0197. The van der Waals surface area contributed by atoms with Gasteiger partial charge in [-0.3, -0.25) is 14.7 Å². The summed E-state index contributed by atoms with van der Waals surface area (Å²) in [5.41, 5.74) is 1.11. The number of guanidine groups is 1. The van der Waals surface area contributed by atoms with Crippen LogP contribution in [0.3, 0.4) is 0 Å². The molecule has 1 amide bonds. The van der Waals surface area contributed by atoms with Gasteiger partial charge in [0.1, 0.15) is 0 Å². The highest BCUT2D eigenvalue weighted by molar-refractivity contribution is 5.86. The van der Waals surface area contributed by atoms with Crippen LogP contribution in [0.2, 0.25) is 0 Å². The van der Waals surface area contributed by atoms with Crippen LogP contribution in [0.4, 0.5) is 0 Å². The van der Waals surface area contributed by atoms with Gasteiger partial charge < -0.3 is 20.3 Å². The van der Waals surface area contributed by atoms with Gasteiger partial charge in [0.15, 0.2) is 5.96 Å². The molecular formula is C21H35N5O2. The van der Waals surface area contributed by atoms with Crippen molar-refractivity contribution in [3.63, 3.8) is 0 Å². The quantitative estimate of drug-likeness (QED) is 0.518. The first-order chi connectivity index (χ1) is 13.5. The number of nitrogens with one attached hydrogen (secondary N) is 2. The van der Waals surface area contributed by atoms with E-state index in [9.17, 15) is 4.79 Å². The standard InChI is InChI=1S/C21H35N5O2/c1-5-25(16-18-9-7-6-8-10-18)19(27)15-23-20(22-4)24-17-21(2,3)26-11-13-28-14-12-26/h6-10H,5,11-17H2,1-4H3,(H2,22,23,24). The van der Waals surface area contributed by atoms with Crippen molar-refractivity contribution in [2.75, 3.05) is 53.0 Å². The Hall–Kier alpha value is -2.12. The molecule has 0 unspecified atom stereocenters. The Morgan fingerprint density at radius 3 is 2.50 bits per heavy atom. The van der Waals surface area contributed by atoms with E-state index in [4.69, 9.17) is 4.74 Å². The van der Waals surface area contributed by atoms with Crippen LogP contribution in [-0.4, -0.2) is 80.2 Å². The Balaban J connectivity index is 1.80. The predicted molar refractivity (Wildman–Crippen MR) is 113 cm³/mol. The minimum Gasteiger partial charge on any atom is -0.379 e. The van der Waals surface area contributed by atoms with Crippen LogP contribution in [0.25, 0.3) is 0 Å². The molecule has 7 heteroatoms. The monoisotopic (exact) mass is 389 g/mol. The molecule has 0 spiro atoms. The first-order valence-electron chi connectivity index (χ1n) is 10.0. The number of hydrogen-bond acceptors (Lipinski definition) is 4. The molecule has 0 radical (unpaired) electrons. The average Bonchev–Trinajstić information content (AvgIpc) is 2.73. The summed E-state index contributed by atoms with van der Waals surface area (Å²) < 4.78 is 5.44. The Kier molecular flexibility index (Phi) is 8.73. The molecule has 2 rings (SSSR count). The first kappa shape index (κ1) is 22.2. The lowest BCUT2D eigenvalue weighted by Crippen LogP contribution is -2.57. The van der Waals surface area contributed by atoms with Crippen molar-refractivity contribution < 1.29 is 9.53 Å². The zero-order chi connectivity index (χ0) is 20.4. The number of rotatable bonds is 8. The van der Waals surface area contributed by atoms with Crippen molar-refractivity contribution in [2.45, 2.75) is 32.9 Å². The van der Waals surface area contributed by atoms with Crippen LogP contribution in [0, 0.1) is 0 Å². The molecule has 1 aliphatic rings. The topological polar surface area (TPSA) is 69.2 Å². The molecule has 0 aliphatic carbocycles. The molecule has 1 aliphatic heterocycles. The van der Waals surface area contributed by atoms with Gasteiger partial charge in [0.05, 0.1) is 19.8 Å². The summed E-state index contributed by atoms with van der Waals surface area (Å²) in [6.45, 7) is 12.1. The van der Waals surface area contributed by atoms with E-state index < -0.39 is 0 Å². The third kappa shape index (κ3) is 6.80. The summed E-state index contributed by atoms with van der Waals surface area (Å²) in [7, 11) is 1.73. The van der Waals surface area contributed by atoms with E-state index in [1.54, 1.807) is 7.05 Å². The van der Waals surface area contributed by atoms with Crippen LogP contribution in [0.5, 0.6) is 0 Å². The second kappa shape index (κ2) is 11.0. The minimum absolute atomic E-state index is 0.0197. The third-order valence-electron chi connectivity index (χ3n) is 5.14. The molecule has 28 heavy (non-hydrogen) atoms. The van der Waals surface area contributed by atoms with Gasteiger partial charge in [0.2, 0.25) is 5.91 Å². The van der Waals surface area contributed by atoms with Gasteiger partial charge in [-0.25, -0.2) is 0 Å². The van der Waals surface area contributed by atoms with Crippen molar-refractivity contribution >= 4 is 11.9 Å². The molecule has 7 nitrogen and oxygen atoms in total. The summed E-state index contributed by atoms with van der Waals surface area (Å²) in [5, 5.41) is 6.50. The molecule has 0 saturated carbocycles. The van der Waals surface area contributed by atoms with Gasteiger partial charge in [-0.1, -0.05) is 30.3 Å². The van der Waals surface area contributed by atoms with Crippen molar-refractivity contribution in [3.8, 4) is 0 Å². The number of nitrogens with zero attached hydrogens (tertiary/aromatic N) is 3. The van der Waals surface area contributed by atoms with Crippen LogP contribution in [-0.2, 0) is 16.1 Å². The number of ether oxygens (including phenoxy) is 1. The Bertz CT molecular complexity index is 627. The summed E-state index contributed by atoms with van der Waals surface area (Å²) in [6, 6.07) is 10.0. The van der Waals surface area contributed by atoms with Crippen molar-refractivity contribution in [1.29, 1.82) is 0 Å². The van der Waals surface area contributed by atoms with Crippen LogP contribution < -0.4 is 10.6 Å². The molecule has 156 valence electrons. The number of benzene rings is 1. The lowest BCUT2D eigenvalue weighted by molar-refractivity contribution is -0.130. The maximum atomic E-state index is 12.6. The number of morpholine rings is 1. The van der Waals surface area contributed by atoms with E-state index in [1.165, 1.54) is 0 Å². The highest BCUT2D eigenvalue weighted by Gasteiger charge is 2.28. The smallest absolute Gasteiger partial charge is 0.242 e. The van der Waals surface area contributed by atoms with E-state index in [0.717, 1.165) is 38.4 Å². The summed E-state index contributed by atoms with van der Waals surface area (Å²) in [4.78, 5) is 21.1. The van der Waals surface area contributed by atoms with E-state index in [1.807, 2.05) is 42.2 Å². The number of hydrogen-bond donors (Lipinski definition) is 2. The van der Waals surface area contributed by atoms with Crippen LogP contribution >= 0.6 is 0 Å². The number of aliphatic imine (C=N–C) groups is 1. The van der Waals surface area contributed by atoms with Crippen molar-refractivity contribution in [2.24, 2.45) is 4.99 Å². The molecule has 2 N–H and O–H groups in total. The summed E-state index contributed by atoms with van der Waals surface area (Å²) >= 11 is 0. The molecule has 1 fully saturated rings. The number of likely N-dealkylation sites (N-methyl/N-ethyl adjacent to an activating group) is 1. The van der Waals surface area contributed by atoms with E-state index in [-0.39, 0.29) is 18.0 Å². The van der Waals surface area contributed by atoms with Gasteiger partial charge in [0, 0.05) is 45.3 Å². The Morgan fingerprint density at radius 1 is 1.21 bits per heavy atom. The largest absolute Gasteiger partial charge is 0.379 e. The Labute approximate surface area is 169 Å². The molecular weight excluding hydrogens is 354 g/mol. The second-order valence-corrected chi connectivity index (χ2v) is 7.58. The van der Waals surface area contributed by atoms with E-state index in [0.29, 0.717) is 19.0 Å². The highest BCUT2D eigenvalue weighted by Crippen LogP contribution is 2.15. The fraction of sp³-hybridized carbons (Fsp3) is 0.619. The highest BCUT2D eigenvalue weighted by atomic mass is 16.5. The summed E-state index contributed by atoms with van der Waals surface area (Å²) in [5.74, 6) is 0.701. The lowest BCUT2D eigenvalue weighted by atomic mass is 10.0.